The SMILES string of the molecule is C[C@]12CC/C(=N/O[C@@H]3CCNC3)CC1[C@@H](CO)[C@@H](O)[C@H]1[C@@H]2CC[C@]2(C)C(=O)CC[C@@H]12. The summed E-state index contributed by atoms with van der Waals surface area (Å²) in [6, 6.07) is 0. The van der Waals surface area contributed by atoms with Crippen molar-refractivity contribution in [2.45, 2.75) is 77.4 Å². The highest BCUT2D eigenvalue weighted by molar-refractivity contribution is 5.87. The second-order valence-electron chi connectivity index (χ2n) is 11.2. The summed E-state index contributed by atoms with van der Waals surface area (Å²) in [6.45, 7) is 6.38. The second-order valence-corrected chi connectivity index (χ2v) is 11.2. The minimum absolute atomic E-state index is 0.00268. The van der Waals surface area contributed by atoms with Crippen LogP contribution >= 0.6 is 0 Å². The van der Waals surface area contributed by atoms with Crippen LogP contribution in [0.4, 0.5) is 0 Å². The number of hydrogen-bond donors (Lipinski definition) is 3. The highest BCUT2D eigenvalue weighted by Crippen LogP contribution is 2.66. The van der Waals surface area contributed by atoms with Crippen molar-refractivity contribution >= 4 is 11.5 Å². The number of ketones is 1. The Morgan fingerprint density at radius 3 is 2.70 bits per heavy atom. The zero-order valence-corrected chi connectivity index (χ0v) is 18.5. The van der Waals surface area contributed by atoms with E-state index < -0.39 is 6.10 Å². The molecule has 1 aliphatic heterocycles. The average molecular weight is 419 g/mol. The molecule has 0 bridgehead atoms. The molecule has 1 unspecified atom stereocenters. The number of Topliss-reactive ketones (excluding diaryl/α,β-unsaturated/α-hetero) is 1. The first-order valence-corrected chi connectivity index (χ1v) is 12.1. The fraction of sp³-hybridized carbons (Fsp3) is 0.917. The summed E-state index contributed by atoms with van der Waals surface area (Å²) in [5, 5.41) is 29.7. The summed E-state index contributed by atoms with van der Waals surface area (Å²) < 4.78 is 0. The van der Waals surface area contributed by atoms with E-state index in [0.29, 0.717) is 18.1 Å². The maximum Gasteiger partial charge on any atom is 0.141 e. The lowest BCUT2D eigenvalue weighted by atomic mass is 9.42. The van der Waals surface area contributed by atoms with Crippen molar-refractivity contribution in [1.82, 2.24) is 5.32 Å². The number of carbonyl (C=O) groups is 1. The van der Waals surface area contributed by atoms with Gasteiger partial charge in [-0.15, -0.1) is 0 Å². The number of aliphatic hydroxyl groups excluding tert-OH is 2. The third-order valence-corrected chi connectivity index (χ3v) is 10.1. The molecule has 168 valence electrons. The van der Waals surface area contributed by atoms with Crippen LogP contribution in [0, 0.1) is 40.4 Å². The van der Waals surface area contributed by atoms with Crippen LogP contribution in [0.3, 0.4) is 0 Å². The molecule has 1 heterocycles. The van der Waals surface area contributed by atoms with Crippen molar-refractivity contribution in [1.29, 1.82) is 0 Å². The second kappa shape index (κ2) is 7.56. The quantitative estimate of drug-likeness (QED) is 0.613. The van der Waals surface area contributed by atoms with E-state index in [-0.39, 0.29) is 47.2 Å². The Morgan fingerprint density at radius 2 is 1.97 bits per heavy atom. The minimum atomic E-state index is -0.534. The number of oxime groups is 1. The van der Waals surface area contributed by atoms with Crippen molar-refractivity contribution in [3.63, 3.8) is 0 Å². The summed E-state index contributed by atoms with van der Waals surface area (Å²) in [5.41, 5.74) is 0.902. The first-order valence-electron chi connectivity index (χ1n) is 12.1. The number of nitrogens with one attached hydrogen (secondary N) is 1. The van der Waals surface area contributed by atoms with E-state index in [1.54, 1.807) is 0 Å². The Bertz CT molecular complexity index is 720. The lowest BCUT2D eigenvalue weighted by Gasteiger charge is -2.63. The maximum atomic E-state index is 12.7. The van der Waals surface area contributed by atoms with Gasteiger partial charge in [0.2, 0.25) is 0 Å². The number of hydrogen-bond acceptors (Lipinski definition) is 6. The van der Waals surface area contributed by atoms with Crippen molar-refractivity contribution in [2.24, 2.45) is 45.6 Å². The van der Waals surface area contributed by atoms with Gasteiger partial charge in [0.1, 0.15) is 11.9 Å². The van der Waals surface area contributed by atoms with Gasteiger partial charge < -0.3 is 20.4 Å². The third-order valence-electron chi connectivity index (χ3n) is 10.1. The fourth-order valence-electron chi connectivity index (χ4n) is 8.21. The van der Waals surface area contributed by atoms with E-state index in [1.807, 2.05) is 0 Å². The highest BCUT2D eigenvalue weighted by Gasteiger charge is 2.64. The summed E-state index contributed by atoms with van der Waals surface area (Å²) >= 11 is 0. The van der Waals surface area contributed by atoms with Gasteiger partial charge in [0.05, 0.1) is 11.8 Å². The molecular formula is C24H38N2O4. The lowest BCUT2D eigenvalue weighted by Crippen LogP contribution is -2.62. The normalized spacial score (nSPS) is 52.1. The zero-order chi connectivity index (χ0) is 21.1. The Labute approximate surface area is 179 Å². The smallest absolute Gasteiger partial charge is 0.141 e. The predicted molar refractivity (Wildman–Crippen MR) is 114 cm³/mol. The molecule has 3 N–H and O–H groups in total. The Hall–Kier alpha value is -0.980. The third kappa shape index (κ3) is 3.01. The molecule has 0 aromatic carbocycles. The van der Waals surface area contributed by atoms with Crippen molar-refractivity contribution in [3.8, 4) is 0 Å². The topological polar surface area (TPSA) is 91.2 Å². The van der Waals surface area contributed by atoms with Crippen LogP contribution in [0.15, 0.2) is 5.16 Å². The van der Waals surface area contributed by atoms with Gasteiger partial charge in [0.25, 0.3) is 0 Å². The Balaban J connectivity index is 1.41. The van der Waals surface area contributed by atoms with Crippen LogP contribution in [0.25, 0.3) is 0 Å². The molecular weight excluding hydrogens is 380 g/mol. The average Bonchev–Trinajstić information content (AvgIpc) is 3.36. The molecule has 9 atom stereocenters. The van der Waals surface area contributed by atoms with E-state index in [4.69, 9.17) is 4.84 Å². The molecule has 0 spiro atoms. The molecule has 0 radical (unpaired) electrons. The van der Waals surface area contributed by atoms with E-state index in [0.717, 1.165) is 63.7 Å². The van der Waals surface area contributed by atoms with Gasteiger partial charge in [-0.1, -0.05) is 19.0 Å². The monoisotopic (exact) mass is 418 g/mol. The Morgan fingerprint density at radius 1 is 1.13 bits per heavy atom. The van der Waals surface area contributed by atoms with Crippen LogP contribution in [0.2, 0.25) is 0 Å². The summed E-state index contributed by atoms with van der Waals surface area (Å²) in [6.07, 6.45) is 6.94. The fourth-order valence-corrected chi connectivity index (χ4v) is 8.21. The molecule has 5 fully saturated rings. The molecule has 0 aromatic rings. The number of rotatable bonds is 3. The molecule has 30 heavy (non-hydrogen) atoms. The molecule has 6 nitrogen and oxygen atoms in total. The highest BCUT2D eigenvalue weighted by atomic mass is 16.6. The molecule has 4 saturated carbocycles. The summed E-state index contributed by atoms with van der Waals surface area (Å²) in [5.74, 6) is 1.28. The van der Waals surface area contributed by atoms with Gasteiger partial charge in [-0.2, -0.15) is 0 Å². The minimum Gasteiger partial charge on any atom is -0.396 e. The summed E-state index contributed by atoms with van der Waals surface area (Å²) in [7, 11) is 0. The molecule has 5 rings (SSSR count). The predicted octanol–water partition coefficient (Wildman–Crippen LogP) is 2.52. The first kappa shape index (κ1) is 20.9. The standard InChI is InChI=1S/C24H38N2O4/c1-23-8-5-14(26-30-15-7-10-25-12-15)11-19(23)16(13-27)22(29)21-17-3-4-20(28)24(17,2)9-6-18(21)23/h15-19,21-22,25,27,29H,3-13H2,1-2H3/b26-14-/t15-,16-,17+,18+,19?,21-,22-,23-,24+/m1/s1. The van der Waals surface area contributed by atoms with Crippen LogP contribution in [-0.4, -0.2) is 53.6 Å². The number of fused-ring (bicyclic) bond motifs is 5. The van der Waals surface area contributed by atoms with Crippen LogP contribution in [-0.2, 0) is 9.63 Å². The number of aliphatic hydroxyl groups is 2. The van der Waals surface area contributed by atoms with Crippen molar-refractivity contribution in [3.05, 3.63) is 0 Å². The van der Waals surface area contributed by atoms with Crippen LogP contribution < -0.4 is 5.32 Å². The van der Waals surface area contributed by atoms with Gasteiger partial charge in [-0.05, 0) is 74.2 Å². The van der Waals surface area contributed by atoms with Crippen molar-refractivity contribution in [2.75, 3.05) is 19.7 Å². The molecule has 6 heteroatoms. The largest absolute Gasteiger partial charge is 0.396 e. The molecule has 0 amide bonds. The van der Waals surface area contributed by atoms with Gasteiger partial charge in [0.15, 0.2) is 0 Å². The van der Waals surface area contributed by atoms with E-state index in [9.17, 15) is 15.0 Å². The van der Waals surface area contributed by atoms with E-state index >= 15 is 0 Å². The van der Waals surface area contributed by atoms with Gasteiger partial charge in [-0.25, -0.2) is 0 Å². The van der Waals surface area contributed by atoms with Gasteiger partial charge >= 0.3 is 0 Å². The van der Waals surface area contributed by atoms with Crippen LogP contribution in [0.1, 0.15) is 65.2 Å². The molecule has 0 aromatic heterocycles. The molecule has 1 saturated heterocycles. The molecule has 4 aliphatic carbocycles. The number of carbonyl (C=O) groups excluding carboxylic acids is 1. The Kier molecular flexibility index (Phi) is 5.27. The maximum absolute atomic E-state index is 12.7. The van der Waals surface area contributed by atoms with E-state index in [2.05, 4.69) is 24.3 Å². The first-order chi connectivity index (χ1) is 14.4. The van der Waals surface area contributed by atoms with E-state index in [1.165, 1.54) is 0 Å². The lowest BCUT2D eigenvalue weighted by molar-refractivity contribution is -0.188. The summed E-state index contributed by atoms with van der Waals surface area (Å²) in [4.78, 5) is 18.5. The zero-order valence-electron chi connectivity index (χ0n) is 18.5. The van der Waals surface area contributed by atoms with Gasteiger partial charge in [0, 0.05) is 37.3 Å². The van der Waals surface area contributed by atoms with Crippen LogP contribution in [0.5, 0.6) is 0 Å². The van der Waals surface area contributed by atoms with Gasteiger partial charge in [-0.3, -0.25) is 4.79 Å². The molecule has 5 aliphatic rings. The van der Waals surface area contributed by atoms with Crippen molar-refractivity contribution < 1.29 is 19.8 Å². The number of nitrogens with zero attached hydrogens (tertiary/aromatic N) is 1.